The van der Waals surface area contributed by atoms with E-state index in [0.29, 0.717) is 18.1 Å². The summed E-state index contributed by atoms with van der Waals surface area (Å²) in [4.78, 5) is 0. The van der Waals surface area contributed by atoms with Gasteiger partial charge in [0.25, 0.3) is 0 Å². The van der Waals surface area contributed by atoms with E-state index >= 15 is 0 Å². The number of rotatable bonds is 6. The summed E-state index contributed by atoms with van der Waals surface area (Å²) in [6.45, 7) is 0.363. The number of sulfone groups is 1. The van der Waals surface area contributed by atoms with Crippen molar-refractivity contribution >= 4 is 21.6 Å². The molecule has 0 aliphatic carbocycles. The molecule has 6 heteroatoms. The Labute approximate surface area is 106 Å². The van der Waals surface area contributed by atoms with Gasteiger partial charge >= 0.3 is 0 Å². The maximum Gasteiger partial charge on any atom is 0.148 e. The number of thioether (sulfide) groups is 1. The second-order valence-electron chi connectivity index (χ2n) is 3.80. The summed E-state index contributed by atoms with van der Waals surface area (Å²) in [5.74, 6) is 0.949. The van der Waals surface area contributed by atoms with E-state index in [0.717, 1.165) is 11.1 Å². The number of halogens is 1. The Morgan fingerprint density at radius 3 is 2.65 bits per heavy atom. The van der Waals surface area contributed by atoms with Gasteiger partial charge in [0.05, 0.1) is 5.75 Å². The standard InChI is InChI=1S/C11H16FNO2S2/c1-17(14,15)5-4-16-8-10-6-11(12)3-2-9(10)7-13/h2-3,6H,4-5,7-8,13H2,1H3. The smallest absolute Gasteiger partial charge is 0.148 e. The maximum absolute atomic E-state index is 13.0. The predicted octanol–water partition coefficient (Wildman–Crippen LogP) is 1.56. The summed E-state index contributed by atoms with van der Waals surface area (Å²) in [6, 6.07) is 4.50. The lowest BCUT2D eigenvalue weighted by molar-refractivity contribution is 0.603. The van der Waals surface area contributed by atoms with Crippen molar-refractivity contribution in [2.75, 3.05) is 17.8 Å². The minimum absolute atomic E-state index is 0.144. The molecule has 0 radical (unpaired) electrons. The van der Waals surface area contributed by atoms with Gasteiger partial charge in [0.15, 0.2) is 0 Å². The molecule has 0 spiro atoms. The molecule has 0 unspecified atom stereocenters. The van der Waals surface area contributed by atoms with Crippen LogP contribution >= 0.6 is 11.8 Å². The molecule has 2 N–H and O–H groups in total. The van der Waals surface area contributed by atoms with Gasteiger partial charge in [-0.15, -0.1) is 0 Å². The molecular formula is C11H16FNO2S2. The SMILES string of the molecule is CS(=O)(=O)CCSCc1cc(F)ccc1CN. The summed E-state index contributed by atoms with van der Waals surface area (Å²) in [5, 5.41) is 0. The Kier molecular flexibility index (Phi) is 5.42. The van der Waals surface area contributed by atoms with Gasteiger partial charge < -0.3 is 5.73 Å². The van der Waals surface area contributed by atoms with E-state index in [2.05, 4.69) is 0 Å². The maximum atomic E-state index is 13.0. The first-order valence-corrected chi connectivity index (χ1v) is 8.37. The lowest BCUT2D eigenvalue weighted by Crippen LogP contribution is -2.06. The third kappa shape index (κ3) is 5.52. The van der Waals surface area contributed by atoms with Gasteiger partial charge in [-0.05, 0) is 23.3 Å². The van der Waals surface area contributed by atoms with Crippen LogP contribution in [0.2, 0.25) is 0 Å². The first-order chi connectivity index (χ1) is 7.92. The molecule has 0 amide bonds. The Morgan fingerprint density at radius 1 is 1.35 bits per heavy atom. The zero-order valence-corrected chi connectivity index (χ0v) is 11.3. The molecule has 0 bridgehead atoms. The van der Waals surface area contributed by atoms with Gasteiger partial charge in [-0.3, -0.25) is 0 Å². The normalized spacial score (nSPS) is 11.7. The van der Waals surface area contributed by atoms with Crippen LogP contribution in [0.3, 0.4) is 0 Å². The lowest BCUT2D eigenvalue weighted by atomic mass is 10.1. The van der Waals surface area contributed by atoms with E-state index in [1.165, 1.54) is 30.2 Å². The fourth-order valence-electron chi connectivity index (χ4n) is 1.32. The quantitative estimate of drug-likeness (QED) is 0.802. The zero-order chi connectivity index (χ0) is 12.9. The summed E-state index contributed by atoms with van der Waals surface area (Å²) < 4.78 is 34.9. The molecule has 0 saturated heterocycles. The number of hydrogen-bond donors (Lipinski definition) is 1. The van der Waals surface area contributed by atoms with Gasteiger partial charge in [0.1, 0.15) is 15.7 Å². The highest BCUT2D eigenvalue weighted by Gasteiger charge is 2.05. The minimum Gasteiger partial charge on any atom is -0.326 e. The van der Waals surface area contributed by atoms with Crippen molar-refractivity contribution in [3.63, 3.8) is 0 Å². The summed E-state index contributed by atoms with van der Waals surface area (Å²) in [7, 11) is -2.92. The van der Waals surface area contributed by atoms with E-state index in [1.54, 1.807) is 6.07 Å². The molecule has 1 rings (SSSR count). The topological polar surface area (TPSA) is 60.2 Å². The fraction of sp³-hybridized carbons (Fsp3) is 0.455. The summed E-state index contributed by atoms with van der Waals surface area (Å²) in [6.07, 6.45) is 1.21. The lowest BCUT2D eigenvalue weighted by Gasteiger charge is -2.07. The van der Waals surface area contributed by atoms with Crippen LogP contribution in [0.15, 0.2) is 18.2 Å². The van der Waals surface area contributed by atoms with E-state index in [1.807, 2.05) is 0 Å². The van der Waals surface area contributed by atoms with Crippen LogP contribution in [0, 0.1) is 5.82 Å². The largest absolute Gasteiger partial charge is 0.326 e. The molecule has 0 atom stereocenters. The molecule has 0 saturated carbocycles. The first-order valence-electron chi connectivity index (χ1n) is 5.15. The number of nitrogens with two attached hydrogens (primary N) is 1. The van der Waals surface area contributed by atoms with Crippen LogP contribution in [0.4, 0.5) is 4.39 Å². The second-order valence-corrected chi connectivity index (χ2v) is 7.16. The first kappa shape index (κ1) is 14.5. The van der Waals surface area contributed by atoms with Crippen molar-refractivity contribution in [3.8, 4) is 0 Å². The van der Waals surface area contributed by atoms with Crippen molar-refractivity contribution < 1.29 is 12.8 Å². The van der Waals surface area contributed by atoms with E-state index in [9.17, 15) is 12.8 Å². The molecule has 3 nitrogen and oxygen atoms in total. The molecule has 1 aromatic rings. The van der Waals surface area contributed by atoms with Crippen LogP contribution in [-0.2, 0) is 22.1 Å². The second kappa shape index (κ2) is 6.37. The third-order valence-electron chi connectivity index (χ3n) is 2.24. The summed E-state index contributed by atoms with van der Waals surface area (Å²) in [5.41, 5.74) is 7.29. The average molecular weight is 277 g/mol. The van der Waals surface area contributed by atoms with Crippen molar-refractivity contribution in [2.45, 2.75) is 12.3 Å². The Morgan fingerprint density at radius 2 is 2.06 bits per heavy atom. The van der Waals surface area contributed by atoms with Crippen LogP contribution in [0.5, 0.6) is 0 Å². The van der Waals surface area contributed by atoms with Gasteiger partial charge in [-0.2, -0.15) is 11.8 Å². The summed E-state index contributed by atoms with van der Waals surface area (Å²) >= 11 is 1.47. The Balaban J connectivity index is 2.54. The highest BCUT2D eigenvalue weighted by Crippen LogP contribution is 2.18. The van der Waals surface area contributed by atoms with Crippen molar-refractivity contribution in [1.82, 2.24) is 0 Å². The van der Waals surface area contributed by atoms with Crippen molar-refractivity contribution in [3.05, 3.63) is 35.1 Å². The van der Waals surface area contributed by atoms with Crippen LogP contribution in [-0.4, -0.2) is 26.2 Å². The van der Waals surface area contributed by atoms with Gasteiger partial charge in [0, 0.05) is 24.3 Å². The highest BCUT2D eigenvalue weighted by molar-refractivity contribution is 7.99. The highest BCUT2D eigenvalue weighted by atomic mass is 32.2. The molecule has 17 heavy (non-hydrogen) atoms. The zero-order valence-electron chi connectivity index (χ0n) is 9.65. The monoisotopic (exact) mass is 277 g/mol. The van der Waals surface area contributed by atoms with Gasteiger partial charge in [-0.25, -0.2) is 12.8 Å². The molecular weight excluding hydrogens is 261 g/mol. The van der Waals surface area contributed by atoms with E-state index in [4.69, 9.17) is 5.73 Å². The van der Waals surface area contributed by atoms with Crippen LogP contribution < -0.4 is 5.73 Å². The minimum atomic E-state index is -2.92. The Hall–Kier alpha value is -0.590. The molecule has 0 aliphatic heterocycles. The predicted molar refractivity (Wildman–Crippen MR) is 70.2 cm³/mol. The van der Waals surface area contributed by atoms with E-state index < -0.39 is 9.84 Å². The number of hydrogen-bond acceptors (Lipinski definition) is 4. The van der Waals surface area contributed by atoms with E-state index in [-0.39, 0.29) is 11.6 Å². The average Bonchev–Trinajstić information content (AvgIpc) is 2.23. The molecule has 96 valence electrons. The van der Waals surface area contributed by atoms with Crippen molar-refractivity contribution in [1.29, 1.82) is 0 Å². The third-order valence-corrected chi connectivity index (χ3v) is 4.46. The molecule has 0 fully saturated rings. The van der Waals surface area contributed by atoms with Crippen LogP contribution in [0.1, 0.15) is 11.1 Å². The molecule has 1 aromatic carbocycles. The van der Waals surface area contributed by atoms with Gasteiger partial charge in [-0.1, -0.05) is 6.07 Å². The van der Waals surface area contributed by atoms with Crippen LogP contribution in [0.25, 0.3) is 0 Å². The molecule has 0 aromatic heterocycles. The fourth-order valence-corrected chi connectivity index (χ4v) is 3.64. The van der Waals surface area contributed by atoms with Gasteiger partial charge in [0.2, 0.25) is 0 Å². The van der Waals surface area contributed by atoms with Crippen molar-refractivity contribution in [2.24, 2.45) is 5.73 Å². The Bertz CT molecular complexity index is 474. The number of benzene rings is 1. The molecule has 0 heterocycles. The molecule has 0 aliphatic rings.